The molecule has 2 heterocycles. The van der Waals surface area contributed by atoms with Crippen molar-refractivity contribution >= 4 is 17.9 Å². The largest absolute Gasteiger partial charge is 0.459 e. The molecular formula is C37H40O9. The van der Waals surface area contributed by atoms with Crippen molar-refractivity contribution < 1.29 is 43.5 Å². The summed E-state index contributed by atoms with van der Waals surface area (Å²) < 4.78 is 24.4. The number of hydrogen-bond acceptors (Lipinski definition) is 9. The quantitative estimate of drug-likeness (QED) is 0.369. The standard InChI is InChI=1S/C37H40O9/c1-35-14-13-24(44-33(40)20-9-5-3-6-10-20)16-23(35)17-26-29-30(35)31(46-34(41)21-11-7-4-8-12-21)32(39)36(2)25(22-15-28(38)43-19-22)18-27(45-26)37(29,36)42/h3-12,15,23-27,29-32,39,42H,13-14,16-19H2,1-2H3/t23-,24-,25+,26+,27-,29+,30+,31-,32-,35-,36-,37+/m0/s1. The minimum Gasteiger partial charge on any atom is -0.459 e. The molecule has 0 bridgehead atoms. The van der Waals surface area contributed by atoms with Crippen molar-refractivity contribution in [2.24, 2.45) is 34.5 Å². The van der Waals surface area contributed by atoms with Crippen molar-refractivity contribution in [3.05, 3.63) is 83.4 Å². The van der Waals surface area contributed by atoms with Crippen molar-refractivity contribution in [3.8, 4) is 0 Å². The van der Waals surface area contributed by atoms with Crippen LogP contribution < -0.4 is 0 Å². The number of rotatable bonds is 5. The zero-order valence-corrected chi connectivity index (χ0v) is 26.0. The summed E-state index contributed by atoms with van der Waals surface area (Å²) in [4.78, 5) is 38.8. The Morgan fingerprint density at radius 1 is 0.891 bits per heavy atom. The van der Waals surface area contributed by atoms with E-state index in [1.807, 2.05) is 31.2 Å². The van der Waals surface area contributed by atoms with E-state index in [9.17, 15) is 24.6 Å². The summed E-state index contributed by atoms with van der Waals surface area (Å²) in [5.74, 6) is -2.50. The number of ether oxygens (including phenoxy) is 4. The number of carbonyl (C=O) groups excluding carboxylic acids is 3. The molecule has 4 saturated carbocycles. The molecule has 4 aliphatic carbocycles. The summed E-state index contributed by atoms with van der Waals surface area (Å²) in [6, 6.07) is 17.7. The number of aliphatic hydroxyl groups is 2. The summed E-state index contributed by atoms with van der Waals surface area (Å²) in [7, 11) is 0. The van der Waals surface area contributed by atoms with Crippen LogP contribution in [0.25, 0.3) is 0 Å². The van der Waals surface area contributed by atoms with Crippen LogP contribution in [0, 0.1) is 34.5 Å². The summed E-state index contributed by atoms with van der Waals surface area (Å²) in [6.07, 6.45) is 1.08. The zero-order valence-electron chi connectivity index (χ0n) is 26.0. The van der Waals surface area contributed by atoms with Crippen LogP contribution in [0.4, 0.5) is 0 Å². The van der Waals surface area contributed by atoms with Crippen LogP contribution in [0.2, 0.25) is 0 Å². The van der Waals surface area contributed by atoms with Crippen molar-refractivity contribution in [2.75, 3.05) is 6.61 Å². The van der Waals surface area contributed by atoms with Crippen LogP contribution in [-0.2, 0) is 23.7 Å². The molecule has 2 aromatic rings. The van der Waals surface area contributed by atoms with Crippen LogP contribution in [0.5, 0.6) is 0 Å². The smallest absolute Gasteiger partial charge is 0.338 e. The molecule has 0 aromatic heterocycles. The Bertz CT molecular complexity index is 1590. The van der Waals surface area contributed by atoms with Crippen molar-refractivity contribution in [2.45, 2.75) is 82.1 Å². The molecule has 0 radical (unpaired) electrons. The number of aliphatic hydroxyl groups excluding tert-OH is 1. The second kappa shape index (κ2) is 10.5. The van der Waals surface area contributed by atoms with Gasteiger partial charge in [0, 0.05) is 23.3 Å². The molecule has 2 aromatic carbocycles. The third-order valence-electron chi connectivity index (χ3n) is 12.9. The maximum Gasteiger partial charge on any atom is 0.338 e. The van der Waals surface area contributed by atoms with E-state index in [1.54, 1.807) is 36.4 Å². The van der Waals surface area contributed by atoms with E-state index in [1.165, 1.54) is 6.08 Å². The van der Waals surface area contributed by atoms with Gasteiger partial charge in [-0.3, -0.25) is 0 Å². The van der Waals surface area contributed by atoms with E-state index in [0.717, 1.165) is 5.57 Å². The highest BCUT2D eigenvalue weighted by atomic mass is 16.6. The molecule has 9 heteroatoms. The Morgan fingerprint density at radius 2 is 1.54 bits per heavy atom. The predicted molar refractivity (Wildman–Crippen MR) is 163 cm³/mol. The number of carbonyl (C=O) groups is 3. The highest BCUT2D eigenvalue weighted by Crippen LogP contribution is 2.73. The molecule has 2 aliphatic heterocycles. The van der Waals surface area contributed by atoms with Crippen molar-refractivity contribution in [1.29, 1.82) is 0 Å². The van der Waals surface area contributed by atoms with Gasteiger partial charge in [-0.15, -0.1) is 0 Å². The first-order valence-electron chi connectivity index (χ1n) is 16.5. The van der Waals surface area contributed by atoms with E-state index >= 15 is 0 Å². The molecule has 242 valence electrons. The molecular weight excluding hydrogens is 588 g/mol. The van der Waals surface area contributed by atoms with Crippen LogP contribution in [0.1, 0.15) is 66.7 Å². The minimum absolute atomic E-state index is 0.0392. The molecule has 2 N–H and O–H groups in total. The van der Waals surface area contributed by atoms with Gasteiger partial charge < -0.3 is 29.2 Å². The fourth-order valence-corrected chi connectivity index (χ4v) is 10.7. The van der Waals surface area contributed by atoms with Gasteiger partial charge in [0.2, 0.25) is 0 Å². The molecule has 0 amide bonds. The third kappa shape index (κ3) is 4.07. The van der Waals surface area contributed by atoms with Crippen LogP contribution in [-0.4, -0.2) is 70.8 Å². The van der Waals surface area contributed by atoms with E-state index in [4.69, 9.17) is 18.9 Å². The van der Waals surface area contributed by atoms with E-state index in [-0.39, 0.29) is 30.7 Å². The fourth-order valence-electron chi connectivity index (χ4n) is 10.7. The van der Waals surface area contributed by atoms with Gasteiger partial charge in [-0.2, -0.15) is 0 Å². The first-order chi connectivity index (χ1) is 22.1. The summed E-state index contributed by atoms with van der Waals surface area (Å²) in [5, 5.41) is 25.5. The van der Waals surface area contributed by atoms with Gasteiger partial charge in [0.1, 0.15) is 30.5 Å². The fraction of sp³-hybridized carbons (Fsp3) is 0.541. The predicted octanol–water partition coefficient (Wildman–Crippen LogP) is 4.26. The van der Waals surface area contributed by atoms with Crippen LogP contribution in [0.15, 0.2) is 72.3 Å². The average Bonchev–Trinajstić information content (AvgIpc) is 3.68. The van der Waals surface area contributed by atoms with Crippen LogP contribution in [0.3, 0.4) is 0 Å². The monoisotopic (exact) mass is 628 g/mol. The first kappa shape index (κ1) is 29.8. The maximum atomic E-state index is 13.7. The van der Waals surface area contributed by atoms with E-state index in [2.05, 4.69) is 6.92 Å². The van der Waals surface area contributed by atoms with Gasteiger partial charge in [-0.1, -0.05) is 50.2 Å². The molecule has 9 nitrogen and oxygen atoms in total. The first-order valence-corrected chi connectivity index (χ1v) is 16.5. The normalized spacial score (nSPS) is 43.6. The minimum atomic E-state index is -1.42. The van der Waals surface area contributed by atoms with Gasteiger partial charge >= 0.3 is 17.9 Å². The second-order valence-corrected chi connectivity index (χ2v) is 14.7. The topological polar surface area (TPSA) is 129 Å². The Balaban J connectivity index is 1.17. The van der Waals surface area contributed by atoms with Gasteiger partial charge in [0.15, 0.2) is 0 Å². The van der Waals surface area contributed by atoms with E-state index in [0.29, 0.717) is 43.2 Å². The van der Waals surface area contributed by atoms with Gasteiger partial charge in [0.05, 0.1) is 23.3 Å². The lowest BCUT2D eigenvalue weighted by molar-refractivity contribution is -0.276. The van der Waals surface area contributed by atoms with Gasteiger partial charge in [-0.05, 0) is 79.2 Å². The van der Waals surface area contributed by atoms with E-state index < -0.39 is 64.4 Å². The Hall–Kier alpha value is -3.53. The number of benzene rings is 2. The number of cyclic esters (lactones) is 1. The Kier molecular flexibility index (Phi) is 6.81. The second-order valence-electron chi connectivity index (χ2n) is 14.7. The highest BCUT2D eigenvalue weighted by molar-refractivity contribution is 5.90. The average molecular weight is 629 g/mol. The highest BCUT2D eigenvalue weighted by Gasteiger charge is 2.82. The molecule has 0 unspecified atom stereocenters. The molecule has 0 spiro atoms. The maximum absolute atomic E-state index is 13.7. The molecule has 1 saturated heterocycles. The molecule has 8 rings (SSSR count). The van der Waals surface area contributed by atoms with Crippen LogP contribution >= 0.6 is 0 Å². The SMILES string of the molecule is C[C@]12CC[C@H](OC(=O)c3ccccc3)C[C@H]1C[C@H]1O[C@H]3C[C@H](C4=CC(=O)OC4)[C@@]4(C)[C@@H](O)[C@@H](OC(=O)c5ccccc5)[C@H]2[C@@H]1[C@]34O. The molecule has 5 fully saturated rings. The zero-order chi connectivity index (χ0) is 32.0. The van der Waals surface area contributed by atoms with Crippen molar-refractivity contribution in [3.63, 3.8) is 0 Å². The summed E-state index contributed by atoms with van der Waals surface area (Å²) >= 11 is 0. The number of fused-ring (bicyclic) bond motifs is 2. The molecule has 12 atom stereocenters. The lowest BCUT2D eigenvalue weighted by Crippen LogP contribution is -2.74. The number of esters is 3. The summed E-state index contributed by atoms with van der Waals surface area (Å²) in [5.41, 5.74) is -1.41. The van der Waals surface area contributed by atoms with Gasteiger partial charge in [0.25, 0.3) is 0 Å². The third-order valence-corrected chi connectivity index (χ3v) is 12.9. The van der Waals surface area contributed by atoms with Gasteiger partial charge in [-0.25, -0.2) is 14.4 Å². The lowest BCUT2D eigenvalue weighted by atomic mass is 9.41. The Morgan fingerprint density at radius 3 is 2.17 bits per heavy atom. The molecule has 6 aliphatic rings. The molecule has 46 heavy (non-hydrogen) atoms. The van der Waals surface area contributed by atoms with Crippen molar-refractivity contribution in [1.82, 2.24) is 0 Å². The number of hydrogen-bond donors (Lipinski definition) is 2. The lowest BCUT2D eigenvalue weighted by Gasteiger charge is -2.65. The Labute approximate surface area is 267 Å². The summed E-state index contributed by atoms with van der Waals surface area (Å²) in [6.45, 7) is 4.15.